The summed E-state index contributed by atoms with van der Waals surface area (Å²) in [7, 11) is -2.97. The summed E-state index contributed by atoms with van der Waals surface area (Å²) >= 11 is 7.41. The molecule has 140 valence electrons. The van der Waals surface area contributed by atoms with Crippen LogP contribution in [0.15, 0.2) is 27.4 Å². The summed E-state index contributed by atoms with van der Waals surface area (Å²) in [5.74, 6) is -0.114. The van der Waals surface area contributed by atoms with Gasteiger partial charge in [-0.1, -0.05) is 11.6 Å². The van der Waals surface area contributed by atoms with Crippen LogP contribution >= 0.6 is 23.4 Å². The van der Waals surface area contributed by atoms with Crippen molar-refractivity contribution in [2.24, 2.45) is 0 Å². The first-order chi connectivity index (χ1) is 12.2. The number of halogens is 1. The zero-order valence-electron chi connectivity index (χ0n) is 14.0. The topological polar surface area (TPSA) is 90.7 Å². The van der Waals surface area contributed by atoms with Crippen molar-refractivity contribution in [3.05, 3.63) is 44.8 Å². The fraction of sp³-hybridized carbons (Fsp3) is 0.412. The highest BCUT2D eigenvalue weighted by atomic mass is 35.5. The lowest BCUT2D eigenvalue weighted by molar-refractivity contribution is -0.141. The highest BCUT2D eigenvalue weighted by Crippen LogP contribution is 2.26. The number of fused-ring (bicyclic) bond motifs is 1. The van der Waals surface area contributed by atoms with Gasteiger partial charge in [0.1, 0.15) is 12.2 Å². The van der Waals surface area contributed by atoms with Crippen LogP contribution in [0.2, 0.25) is 5.02 Å². The molecule has 0 saturated carbocycles. The lowest BCUT2D eigenvalue weighted by Gasteiger charge is -2.10. The molecular weight excluding hydrogens is 400 g/mol. The number of aryl methyl sites for hydroxylation is 1. The van der Waals surface area contributed by atoms with E-state index >= 15 is 0 Å². The Morgan fingerprint density at radius 3 is 2.85 bits per heavy atom. The van der Waals surface area contributed by atoms with E-state index in [4.69, 9.17) is 20.8 Å². The number of ether oxygens (including phenoxy) is 1. The first kappa shape index (κ1) is 19.3. The molecule has 1 saturated heterocycles. The predicted octanol–water partition coefficient (Wildman–Crippen LogP) is 2.72. The smallest absolute Gasteiger partial charge is 0.336 e. The number of carbonyl (C=O) groups excluding carboxylic acids is 1. The molecule has 0 unspecified atom stereocenters. The average Bonchev–Trinajstić information content (AvgIpc) is 2.91. The summed E-state index contributed by atoms with van der Waals surface area (Å²) in [5, 5.41) is 1.07. The Morgan fingerprint density at radius 1 is 1.38 bits per heavy atom. The molecule has 2 heterocycles. The maximum absolute atomic E-state index is 12.0. The van der Waals surface area contributed by atoms with Gasteiger partial charge >= 0.3 is 11.6 Å². The predicted molar refractivity (Wildman–Crippen MR) is 102 cm³/mol. The van der Waals surface area contributed by atoms with Crippen molar-refractivity contribution in [1.82, 2.24) is 0 Å². The van der Waals surface area contributed by atoms with E-state index in [0.29, 0.717) is 28.0 Å². The van der Waals surface area contributed by atoms with E-state index in [1.807, 2.05) is 0 Å². The van der Waals surface area contributed by atoms with Gasteiger partial charge in [-0.3, -0.25) is 4.79 Å². The molecule has 3 rings (SSSR count). The van der Waals surface area contributed by atoms with Gasteiger partial charge in [0, 0.05) is 27.3 Å². The van der Waals surface area contributed by atoms with Crippen LogP contribution in [0, 0.1) is 6.92 Å². The number of benzene rings is 1. The molecule has 26 heavy (non-hydrogen) atoms. The van der Waals surface area contributed by atoms with Crippen molar-refractivity contribution in [3.8, 4) is 0 Å². The molecule has 0 spiro atoms. The van der Waals surface area contributed by atoms with Gasteiger partial charge in [0.2, 0.25) is 0 Å². The van der Waals surface area contributed by atoms with Gasteiger partial charge in [0.05, 0.1) is 17.3 Å². The minimum Gasteiger partial charge on any atom is -0.460 e. The average molecular weight is 417 g/mol. The van der Waals surface area contributed by atoms with Crippen LogP contribution in [-0.2, 0) is 26.0 Å². The lowest BCUT2D eigenvalue weighted by Crippen LogP contribution is -2.13. The van der Waals surface area contributed by atoms with Crippen LogP contribution in [0.4, 0.5) is 0 Å². The molecule has 9 heteroatoms. The highest BCUT2D eigenvalue weighted by Gasteiger charge is 2.28. The van der Waals surface area contributed by atoms with Gasteiger partial charge < -0.3 is 9.15 Å². The second-order valence-electron chi connectivity index (χ2n) is 6.18. The van der Waals surface area contributed by atoms with Crippen molar-refractivity contribution in [2.45, 2.75) is 25.2 Å². The highest BCUT2D eigenvalue weighted by molar-refractivity contribution is 8.02. The number of rotatable bonds is 5. The van der Waals surface area contributed by atoms with Gasteiger partial charge in [-0.25, -0.2) is 13.2 Å². The molecule has 0 bridgehead atoms. The van der Waals surface area contributed by atoms with Crippen LogP contribution in [-0.4, -0.2) is 36.9 Å². The maximum atomic E-state index is 12.0. The lowest BCUT2D eigenvalue weighted by atomic mass is 10.1. The number of esters is 1. The Hall–Kier alpha value is -1.51. The molecule has 1 aromatic heterocycles. The van der Waals surface area contributed by atoms with E-state index in [9.17, 15) is 18.0 Å². The molecule has 1 aliphatic rings. The van der Waals surface area contributed by atoms with Gasteiger partial charge in [-0.15, -0.1) is 11.8 Å². The Bertz CT molecular complexity index is 1010. The van der Waals surface area contributed by atoms with E-state index < -0.39 is 21.4 Å². The third-order valence-corrected chi connectivity index (χ3v) is 7.79. The number of thioether (sulfide) groups is 1. The largest absolute Gasteiger partial charge is 0.460 e. The van der Waals surface area contributed by atoms with Crippen molar-refractivity contribution in [2.75, 3.05) is 17.3 Å². The monoisotopic (exact) mass is 416 g/mol. The molecular formula is C17H17ClO6S2. The zero-order valence-corrected chi connectivity index (χ0v) is 16.4. The molecule has 0 N–H and O–H groups in total. The van der Waals surface area contributed by atoms with Gasteiger partial charge in [-0.2, -0.15) is 0 Å². The van der Waals surface area contributed by atoms with Gasteiger partial charge in [0.15, 0.2) is 9.84 Å². The normalized spacial score (nSPS) is 18.9. The van der Waals surface area contributed by atoms with E-state index in [-0.39, 0.29) is 29.1 Å². The second-order valence-corrected chi connectivity index (χ2v) is 10.1. The fourth-order valence-corrected chi connectivity index (χ4v) is 6.35. The second kappa shape index (κ2) is 7.62. The third kappa shape index (κ3) is 4.61. The quantitative estimate of drug-likeness (QED) is 0.546. The van der Waals surface area contributed by atoms with Crippen molar-refractivity contribution in [3.63, 3.8) is 0 Å². The van der Waals surface area contributed by atoms with E-state index in [0.717, 1.165) is 5.56 Å². The third-order valence-electron chi connectivity index (χ3n) is 4.13. The molecule has 2 aromatic rings. The molecule has 6 nitrogen and oxygen atoms in total. The van der Waals surface area contributed by atoms with E-state index in [1.54, 1.807) is 19.1 Å². The number of carbonyl (C=O) groups is 1. The number of sulfone groups is 1. The molecule has 1 aromatic carbocycles. The molecule has 0 amide bonds. The summed E-state index contributed by atoms with van der Waals surface area (Å²) in [6, 6.07) is 4.62. The van der Waals surface area contributed by atoms with Crippen LogP contribution in [0.1, 0.15) is 17.5 Å². The molecule has 1 atom stereocenters. The summed E-state index contributed by atoms with van der Waals surface area (Å²) in [5.41, 5.74) is 1.14. The number of hydrogen-bond acceptors (Lipinski definition) is 7. The van der Waals surface area contributed by atoms with Crippen molar-refractivity contribution >= 4 is 50.1 Å². The minimum absolute atomic E-state index is 0.0689. The van der Waals surface area contributed by atoms with E-state index in [2.05, 4.69) is 0 Å². The SMILES string of the molecule is Cc1cc2oc(=O)cc(COC(=O)CS[C@H]3CCS(=O)(=O)C3)c2cc1Cl. The maximum Gasteiger partial charge on any atom is 0.336 e. The van der Waals surface area contributed by atoms with Crippen LogP contribution in [0.3, 0.4) is 0 Å². The first-order valence-corrected chi connectivity index (χ1v) is 11.2. The zero-order chi connectivity index (χ0) is 18.9. The van der Waals surface area contributed by atoms with Crippen LogP contribution < -0.4 is 5.63 Å². The van der Waals surface area contributed by atoms with Gasteiger partial charge in [0.25, 0.3) is 0 Å². The Labute approximate surface area is 159 Å². The Morgan fingerprint density at radius 2 is 2.15 bits per heavy atom. The summed E-state index contributed by atoms with van der Waals surface area (Å²) in [6.45, 7) is 1.72. The minimum atomic E-state index is -2.97. The first-order valence-electron chi connectivity index (χ1n) is 7.94. The summed E-state index contributed by atoms with van der Waals surface area (Å²) < 4.78 is 33.3. The standard InChI is InChI=1S/C17H17ClO6S2/c1-10-4-15-13(6-14(10)18)11(5-16(19)24-15)7-23-17(20)8-25-12-2-3-26(21,22)9-12/h4-6,12H,2-3,7-9H2,1H3/t12-/m0/s1. The molecule has 0 radical (unpaired) electrons. The number of hydrogen-bond donors (Lipinski definition) is 0. The fourth-order valence-electron chi connectivity index (χ4n) is 2.75. The molecule has 0 aliphatic carbocycles. The van der Waals surface area contributed by atoms with Crippen LogP contribution in [0.25, 0.3) is 11.0 Å². The van der Waals surface area contributed by atoms with Crippen molar-refractivity contribution in [1.29, 1.82) is 0 Å². The summed E-state index contributed by atoms with van der Waals surface area (Å²) in [6.07, 6.45) is 0.558. The summed E-state index contributed by atoms with van der Waals surface area (Å²) in [4.78, 5) is 23.7. The van der Waals surface area contributed by atoms with E-state index in [1.165, 1.54) is 17.8 Å². The van der Waals surface area contributed by atoms with Crippen molar-refractivity contribution < 1.29 is 22.4 Å². The van der Waals surface area contributed by atoms with Gasteiger partial charge in [-0.05, 0) is 31.0 Å². The molecule has 1 fully saturated rings. The van der Waals surface area contributed by atoms with Crippen LogP contribution in [0.5, 0.6) is 0 Å². The Balaban J connectivity index is 1.65. The Kier molecular flexibility index (Phi) is 5.64. The molecule has 1 aliphatic heterocycles.